The van der Waals surface area contributed by atoms with Crippen LogP contribution < -0.4 is 0 Å². The van der Waals surface area contributed by atoms with Gasteiger partial charge in [-0.2, -0.15) is 0 Å². The highest BCUT2D eigenvalue weighted by Crippen LogP contribution is 2.42. The maximum absolute atomic E-state index is 13.3. The van der Waals surface area contributed by atoms with Crippen molar-refractivity contribution in [1.29, 1.82) is 0 Å². The number of likely N-dealkylation sites (N-methyl/N-ethyl adjacent to an activating group) is 2. The number of urea groups is 1. The van der Waals surface area contributed by atoms with E-state index < -0.39 is 5.54 Å². The van der Waals surface area contributed by atoms with Gasteiger partial charge in [-0.05, 0) is 25.0 Å². The Labute approximate surface area is 136 Å². The summed E-state index contributed by atoms with van der Waals surface area (Å²) in [7, 11) is 0. The van der Waals surface area contributed by atoms with Crippen molar-refractivity contribution in [3.8, 4) is 0 Å². The lowest BCUT2D eigenvalue weighted by atomic mass is 9.81. The summed E-state index contributed by atoms with van der Waals surface area (Å²) < 4.78 is 0. The molecule has 3 amide bonds. The van der Waals surface area contributed by atoms with E-state index in [4.69, 9.17) is 0 Å². The Morgan fingerprint density at radius 2 is 1.26 bits per heavy atom. The molecule has 0 radical (unpaired) electrons. The molecule has 2 aromatic carbocycles. The average Bonchev–Trinajstić information content (AvgIpc) is 2.83. The summed E-state index contributed by atoms with van der Waals surface area (Å²) >= 11 is 0. The second-order valence-corrected chi connectivity index (χ2v) is 5.52. The van der Waals surface area contributed by atoms with Crippen LogP contribution in [0.1, 0.15) is 25.0 Å². The number of nitrogens with zero attached hydrogens (tertiary/aromatic N) is 2. The lowest BCUT2D eigenvalue weighted by Gasteiger charge is -2.35. The first-order valence-corrected chi connectivity index (χ1v) is 7.92. The molecule has 1 fully saturated rings. The molecular weight excluding hydrogens is 288 g/mol. The molecule has 1 heterocycles. The second-order valence-electron chi connectivity index (χ2n) is 5.52. The lowest BCUT2D eigenvalue weighted by molar-refractivity contribution is -0.131. The zero-order valence-electron chi connectivity index (χ0n) is 13.4. The van der Waals surface area contributed by atoms with Crippen molar-refractivity contribution < 1.29 is 9.59 Å². The van der Waals surface area contributed by atoms with Crippen LogP contribution in [0.4, 0.5) is 4.79 Å². The molecule has 0 bridgehead atoms. The molecule has 0 atom stereocenters. The van der Waals surface area contributed by atoms with Gasteiger partial charge >= 0.3 is 6.03 Å². The lowest BCUT2D eigenvalue weighted by Crippen LogP contribution is -2.47. The Hall–Kier alpha value is -2.62. The second kappa shape index (κ2) is 5.88. The Balaban J connectivity index is 2.32. The summed E-state index contributed by atoms with van der Waals surface area (Å²) in [5.41, 5.74) is 0.564. The summed E-state index contributed by atoms with van der Waals surface area (Å²) in [4.78, 5) is 29.1. The van der Waals surface area contributed by atoms with E-state index in [0.717, 1.165) is 11.1 Å². The van der Waals surface area contributed by atoms with Gasteiger partial charge in [0.15, 0.2) is 5.54 Å². The van der Waals surface area contributed by atoms with Crippen molar-refractivity contribution in [2.24, 2.45) is 0 Å². The van der Waals surface area contributed by atoms with Gasteiger partial charge in [0.25, 0.3) is 5.91 Å². The van der Waals surface area contributed by atoms with Crippen LogP contribution in [0.3, 0.4) is 0 Å². The van der Waals surface area contributed by atoms with Crippen LogP contribution in [0.25, 0.3) is 0 Å². The number of hydrogen-bond acceptors (Lipinski definition) is 2. The summed E-state index contributed by atoms with van der Waals surface area (Å²) in [6, 6.07) is 18.9. The first kappa shape index (κ1) is 15.3. The van der Waals surface area contributed by atoms with Crippen molar-refractivity contribution in [1.82, 2.24) is 9.80 Å². The highest BCUT2D eigenvalue weighted by atomic mass is 16.2. The van der Waals surface area contributed by atoms with E-state index in [-0.39, 0.29) is 11.9 Å². The van der Waals surface area contributed by atoms with Gasteiger partial charge in [0.2, 0.25) is 0 Å². The molecule has 0 aromatic heterocycles. The minimum absolute atomic E-state index is 0.177. The summed E-state index contributed by atoms with van der Waals surface area (Å²) in [6.45, 7) is 4.57. The predicted molar refractivity (Wildman–Crippen MR) is 88.8 cm³/mol. The normalized spacial score (nSPS) is 17.0. The number of benzene rings is 2. The maximum Gasteiger partial charge on any atom is 0.328 e. The molecule has 2 aromatic rings. The van der Waals surface area contributed by atoms with Gasteiger partial charge in [-0.3, -0.25) is 9.69 Å². The first-order valence-electron chi connectivity index (χ1n) is 7.92. The Kier molecular flexibility index (Phi) is 3.90. The molecule has 0 spiro atoms. The molecule has 1 aliphatic rings. The van der Waals surface area contributed by atoms with Crippen LogP contribution in [0.2, 0.25) is 0 Å². The van der Waals surface area contributed by atoms with Gasteiger partial charge in [-0.15, -0.1) is 0 Å². The zero-order valence-corrected chi connectivity index (χ0v) is 13.4. The SMILES string of the molecule is CCN1C(=O)N(CC)C(c2ccccc2)(c2ccccc2)C1=O. The summed E-state index contributed by atoms with van der Waals surface area (Å²) in [5, 5.41) is 0. The van der Waals surface area contributed by atoms with Gasteiger partial charge in [-0.25, -0.2) is 4.79 Å². The molecule has 0 saturated carbocycles. The van der Waals surface area contributed by atoms with E-state index in [0.29, 0.717) is 13.1 Å². The van der Waals surface area contributed by atoms with Gasteiger partial charge in [-0.1, -0.05) is 60.7 Å². The van der Waals surface area contributed by atoms with E-state index in [1.165, 1.54) is 4.90 Å². The molecule has 0 unspecified atom stereocenters. The van der Waals surface area contributed by atoms with E-state index in [1.807, 2.05) is 74.5 Å². The molecule has 4 nitrogen and oxygen atoms in total. The molecule has 0 N–H and O–H groups in total. The highest BCUT2D eigenvalue weighted by molar-refractivity contribution is 6.09. The minimum Gasteiger partial charge on any atom is -0.302 e. The molecule has 118 valence electrons. The van der Waals surface area contributed by atoms with E-state index >= 15 is 0 Å². The number of amides is 3. The van der Waals surface area contributed by atoms with Gasteiger partial charge in [0.1, 0.15) is 0 Å². The summed E-state index contributed by atoms with van der Waals surface area (Å²) in [6.07, 6.45) is 0. The predicted octanol–water partition coefficient (Wildman–Crippen LogP) is 3.23. The quantitative estimate of drug-likeness (QED) is 0.814. The topological polar surface area (TPSA) is 40.6 Å². The number of carbonyl (C=O) groups is 2. The van der Waals surface area contributed by atoms with Crippen LogP contribution in [0.5, 0.6) is 0 Å². The average molecular weight is 308 g/mol. The molecular formula is C19H20N2O2. The van der Waals surface area contributed by atoms with Crippen molar-refractivity contribution >= 4 is 11.9 Å². The monoisotopic (exact) mass is 308 g/mol. The van der Waals surface area contributed by atoms with Crippen LogP contribution >= 0.6 is 0 Å². The molecule has 1 saturated heterocycles. The van der Waals surface area contributed by atoms with E-state index in [1.54, 1.807) is 4.90 Å². The van der Waals surface area contributed by atoms with Crippen molar-refractivity contribution in [3.05, 3.63) is 71.8 Å². The Morgan fingerprint density at radius 1 is 0.783 bits per heavy atom. The fourth-order valence-electron chi connectivity index (χ4n) is 3.42. The molecule has 3 rings (SSSR count). The van der Waals surface area contributed by atoms with E-state index in [2.05, 4.69) is 0 Å². The molecule has 0 aliphatic carbocycles. The number of imide groups is 1. The first-order chi connectivity index (χ1) is 11.2. The maximum atomic E-state index is 13.3. The fourth-order valence-corrected chi connectivity index (χ4v) is 3.42. The molecule has 1 aliphatic heterocycles. The molecule has 4 heteroatoms. The highest BCUT2D eigenvalue weighted by Gasteiger charge is 2.58. The van der Waals surface area contributed by atoms with Crippen LogP contribution in [0, 0.1) is 0 Å². The zero-order chi connectivity index (χ0) is 16.4. The van der Waals surface area contributed by atoms with Gasteiger partial charge in [0.05, 0.1) is 0 Å². The standard InChI is InChI=1S/C19H20N2O2/c1-3-20-17(22)19(21(4-2)18(20)23,15-11-7-5-8-12-15)16-13-9-6-10-14-16/h5-14H,3-4H2,1-2H3. The Bertz CT molecular complexity index is 673. The van der Waals surface area contributed by atoms with Gasteiger partial charge < -0.3 is 4.90 Å². The third-order valence-electron chi connectivity index (χ3n) is 4.44. The fraction of sp³-hybridized carbons (Fsp3) is 0.263. The number of carbonyl (C=O) groups excluding carboxylic acids is 2. The van der Waals surface area contributed by atoms with Crippen LogP contribution in [0.15, 0.2) is 60.7 Å². The van der Waals surface area contributed by atoms with Crippen molar-refractivity contribution in [2.75, 3.05) is 13.1 Å². The van der Waals surface area contributed by atoms with Crippen LogP contribution in [-0.2, 0) is 10.3 Å². The third kappa shape index (κ3) is 2.05. The smallest absolute Gasteiger partial charge is 0.302 e. The number of hydrogen-bond donors (Lipinski definition) is 0. The third-order valence-corrected chi connectivity index (χ3v) is 4.44. The Morgan fingerprint density at radius 3 is 1.65 bits per heavy atom. The molecule has 23 heavy (non-hydrogen) atoms. The van der Waals surface area contributed by atoms with Crippen LogP contribution in [-0.4, -0.2) is 34.8 Å². The minimum atomic E-state index is -1.08. The van der Waals surface area contributed by atoms with E-state index in [9.17, 15) is 9.59 Å². The largest absolute Gasteiger partial charge is 0.328 e. The summed E-state index contributed by atoms with van der Waals surface area (Å²) in [5.74, 6) is -0.177. The van der Waals surface area contributed by atoms with Gasteiger partial charge in [0, 0.05) is 13.1 Å². The van der Waals surface area contributed by atoms with Crippen molar-refractivity contribution in [3.63, 3.8) is 0 Å². The number of rotatable bonds is 4. The van der Waals surface area contributed by atoms with Crippen molar-refractivity contribution in [2.45, 2.75) is 19.4 Å².